The van der Waals surface area contributed by atoms with Crippen LogP contribution in [0.15, 0.2) is 17.8 Å². The summed E-state index contributed by atoms with van der Waals surface area (Å²) in [4.78, 5) is 17.7. The van der Waals surface area contributed by atoms with Gasteiger partial charge in [0.25, 0.3) is 0 Å². The van der Waals surface area contributed by atoms with Crippen molar-refractivity contribution in [1.82, 2.24) is 15.2 Å². The van der Waals surface area contributed by atoms with Gasteiger partial charge in [0.15, 0.2) is 10.8 Å². The topological polar surface area (TPSA) is 71.1 Å². The van der Waals surface area contributed by atoms with Gasteiger partial charge in [0.1, 0.15) is 0 Å². The van der Waals surface area contributed by atoms with Gasteiger partial charge in [0.2, 0.25) is 0 Å². The maximum Gasteiger partial charge on any atom is 0.357 e. The van der Waals surface area contributed by atoms with Crippen LogP contribution in [0.4, 0.5) is 5.13 Å². The Balaban J connectivity index is 2.03. The summed E-state index contributed by atoms with van der Waals surface area (Å²) in [5.74, 6) is -0.378. The zero-order valence-electron chi connectivity index (χ0n) is 10.2. The Morgan fingerprint density at radius 1 is 1.61 bits per heavy atom. The zero-order valence-corrected chi connectivity index (χ0v) is 11.0. The van der Waals surface area contributed by atoms with Crippen molar-refractivity contribution in [2.45, 2.75) is 13.5 Å². The number of hydrogen-bond acceptors (Lipinski definition) is 6. The molecule has 0 saturated heterocycles. The van der Waals surface area contributed by atoms with Crippen molar-refractivity contribution in [1.29, 1.82) is 0 Å². The number of aromatic amines is 1. The summed E-state index contributed by atoms with van der Waals surface area (Å²) in [5, 5.41) is 9.13. The van der Waals surface area contributed by atoms with E-state index >= 15 is 0 Å². The smallest absolute Gasteiger partial charge is 0.357 e. The Hall–Kier alpha value is -1.89. The van der Waals surface area contributed by atoms with Crippen molar-refractivity contribution < 1.29 is 9.53 Å². The number of aromatic nitrogens is 3. The molecule has 0 bridgehead atoms. The minimum absolute atomic E-state index is 0.357. The molecule has 6 nitrogen and oxygen atoms in total. The number of thiazole rings is 1. The first-order chi connectivity index (χ1) is 8.70. The summed E-state index contributed by atoms with van der Waals surface area (Å²) in [6, 6.07) is 0. The van der Waals surface area contributed by atoms with Gasteiger partial charge in [-0.05, 0) is 6.92 Å². The highest BCUT2D eigenvalue weighted by Crippen LogP contribution is 2.21. The molecule has 0 amide bonds. The molecule has 2 heterocycles. The van der Waals surface area contributed by atoms with Gasteiger partial charge in [-0.3, -0.25) is 5.10 Å². The van der Waals surface area contributed by atoms with E-state index in [1.165, 1.54) is 11.3 Å². The highest BCUT2D eigenvalue weighted by Gasteiger charge is 2.14. The van der Waals surface area contributed by atoms with Crippen LogP contribution in [-0.2, 0) is 11.3 Å². The molecule has 0 atom stereocenters. The Morgan fingerprint density at radius 2 is 2.44 bits per heavy atom. The van der Waals surface area contributed by atoms with E-state index in [9.17, 15) is 4.79 Å². The number of rotatable bonds is 5. The number of nitrogens with zero attached hydrogens (tertiary/aromatic N) is 3. The predicted molar refractivity (Wildman–Crippen MR) is 68.8 cm³/mol. The van der Waals surface area contributed by atoms with Crippen LogP contribution >= 0.6 is 11.3 Å². The summed E-state index contributed by atoms with van der Waals surface area (Å²) in [6.45, 7) is 2.82. The molecule has 0 spiro atoms. The van der Waals surface area contributed by atoms with E-state index in [2.05, 4.69) is 15.2 Å². The number of H-pyrrole nitrogens is 1. The SMILES string of the molecule is CCOC(=O)c1csc(N(C)Cc2cn[nH]c2)n1. The lowest BCUT2D eigenvalue weighted by atomic mass is 10.3. The summed E-state index contributed by atoms with van der Waals surface area (Å²) < 4.78 is 4.90. The Labute approximate surface area is 109 Å². The van der Waals surface area contributed by atoms with Gasteiger partial charge >= 0.3 is 5.97 Å². The van der Waals surface area contributed by atoms with E-state index in [4.69, 9.17) is 4.74 Å². The summed E-state index contributed by atoms with van der Waals surface area (Å²) in [5.41, 5.74) is 1.42. The van der Waals surface area contributed by atoms with E-state index in [0.29, 0.717) is 18.8 Å². The molecule has 0 unspecified atom stereocenters. The maximum atomic E-state index is 11.5. The van der Waals surface area contributed by atoms with Crippen LogP contribution in [0, 0.1) is 0 Å². The molecular weight excluding hydrogens is 252 g/mol. The fourth-order valence-corrected chi connectivity index (χ4v) is 2.21. The first-order valence-corrected chi connectivity index (χ1v) is 6.40. The first-order valence-electron chi connectivity index (χ1n) is 5.52. The van der Waals surface area contributed by atoms with Crippen molar-refractivity contribution in [2.75, 3.05) is 18.6 Å². The molecule has 0 radical (unpaired) electrons. The van der Waals surface area contributed by atoms with E-state index in [1.807, 2.05) is 18.1 Å². The zero-order chi connectivity index (χ0) is 13.0. The van der Waals surface area contributed by atoms with Crippen LogP contribution in [0.25, 0.3) is 0 Å². The normalized spacial score (nSPS) is 10.3. The number of carbonyl (C=O) groups excluding carboxylic acids is 1. The second kappa shape index (κ2) is 5.63. The third-order valence-electron chi connectivity index (χ3n) is 2.28. The van der Waals surface area contributed by atoms with Crippen molar-refractivity contribution >= 4 is 22.4 Å². The maximum absolute atomic E-state index is 11.5. The Bertz CT molecular complexity index is 509. The van der Waals surface area contributed by atoms with Crippen LogP contribution in [-0.4, -0.2) is 34.8 Å². The highest BCUT2D eigenvalue weighted by molar-refractivity contribution is 7.13. The third kappa shape index (κ3) is 2.86. The summed E-state index contributed by atoms with van der Waals surface area (Å²) in [6.07, 6.45) is 3.59. The number of nitrogens with one attached hydrogen (secondary N) is 1. The molecule has 0 aliphatic rings. The molecule has 7 heteroatoms. The minimum Gasteiger partial charge on any atom is -0.461 e. The molecule has 2 rings (SSSR count). The van der Waals surface area contributed by atoms with Gasteiger partial charge in [-0.1, -0.05) is 0 Å². The number of hydrogen-bond donors (Lipinski definition) is 1. The van der Waals surface area contributed by atoms with Crippen molar-refractivity contribution in [3.63, 3.8) is 0 Å². The second-order valence-electron chi connectivity index (χ2n) is 3.70. The molecule has 0 fully saturated rings. The van der Waals surface area contributed by atoms with Crippen molar-refractivity contribution in [3.8, 4) is 0 Å². The standard InChI is InChI=1S/C11H14N4O2S/c1-3-17-10(16)9-7-18-11(14-9)15(2)6-8-4-12-13-5-8/h4-5,7H,3,6H2,1-2H3,(H,12,13). The van der Waals surface area contributed by atoms with Crippen LogP contribution in [0.1, 0.15) is 23.0 Å². The van der Waals surface area contributed by atoms with Crippen LogP contribution in [0.5, 0.6) is 0 Å². The fraction of sp³-hybridized carbons (Fsp3) is 0.364. The van der Waals surface area contributed by atoms with Gasteiger partial charge in [-0.25, -0.2) is 9.78 Å². The number of anilines is 1. The molecule has 0 aliphatic carbocycles. The van der Waals surface area contributed by atoms with Gasteiger partial charge in [-0.2, -0.15) is 5.10 Å². The lowest BCUT2D eigenvalue weighted by Crippen LogP contribution is -2.16. The average molecular weight is 266 g/mol. The van der Waals surface area contributed by atoms with E-state index in [1.54, 1.807) is 18.5 Å². The average Bonchev–Trinajstić information content (AvgIpc) is 2.99. The lowest BCUT2D eigenvalue weighted by molar-refractivity contribution is 0.0520. The third-order valence-corrected chi connectivity index (χ3v) is 3.23. The van der Waals surface area contributed by atoms with Crippen LogP contribution in [0.2, 0.25) is 0 Å². The molecule has 0 aliphatic heterocycles. The first kappa shape index (κ1) is 12.6. The molecule has 2 aromatic rings. The fourth-order valence-electron chi connectivity index (χ4n) is 1.44. The van der Waals surface area contributed by atoms with E-state index in [-0.39, 0.29) is 5.97 Å². The Kier molecular flexibility index (Phi) is 3.93. The summed E-state index contributed by atoms with van der Waals surface area (Å²) >= 11 is 1.42. The van der Waals surface area contributed by atoms with Crippen molar-refractivity contribution in [2.24, 2.45) is 0 Å². The largest absolute Gasteiger partial charge is 0.461 e. The lowest BCUT2D eigenvalue weighted by Gasteiger charge is -2.13. The van der Waals surface area contributed by atoms with Crippen LogP contribution < -0.4 is 4.90 Å². The predicted octanol–water partition coefficient (Wildman–Crippen LogP) is 1.68. The number of esters is 1. The molecule has 0 aromatic carbocycles. The monoisotopic (exact) mass is 266 g/mol. The van der Waals surface area contributed by atoms with Gasteiger partial charge < -0.3 is 9.64 Å². The quantitative estimate of drug-likeness (QED) is 0.834. The molecular formula is C11H14N4O2S. The molecule has 18 heavy (non-hydrogen) atoms. The van der Waals surface area contributed by atoms with Gasteiger partial charge in [0.05, 0.1) is 12.8 Å². The molecule has 0 saturated carbocycles. The van der Waals surface area contributed by atoms with Gasteiger partial charge in [-0.15, -0.1) is 11.3 Å². The molecule has 96 valence electrons. The van der Waals surface area contributed by atoms with Crippen LogP contribution in [0.3, 0.4) is 0 Å². The Morgan fingerprint density at radius 3 is 3.11 bits per heavy atom. The molecule has 2 aromatic heterocycles. The number of ether oxygens (including phenoxy) is 1. The van der Waals surface area contributed by atoms with E-state index in [0.717, 1.165) is 10.7 Å². The second-order valence-corrected chi connectivity index (χ2v) is 4.53. The van der Waals surface area contributed by atoms with Crippen molar-refractivity contribution in [3.05, 3.63) is 29.0 Å². The summed E-state index contributed by atoms with van der Waals surface area (Å²) in [7, 11) is 1.92. The highest BCUT2D eigenvalue weighted by atomic mass is 32.1. The minimum atomic E-state index is -0.378. The van der Waals surface area contributed by atoms with E-state index < -0.39 is 0 Å². The number of carbonyl (C=O) groups is 1. The molecule has 1 N–H and O–H groups in total. The van der Waals surface area contributed by atoms with Gasteiger partial charge in [0, 0.05) is 30.7 Å².